The van der Waals surface area contributed by atoms with Gasteiger partial charge in [0.05, 0.1) is 0 Å². The molecule has 1 amide bonds. The Morgan fingerprint density at radius 2 is 1.79 bits per heavy atom. The van der Waals surface area contributed by atoms with E-state index in [1.807, 2.05) is 15.5 Å². The topological polar surface area (TPSA) is 50.5 Å². The average Bonchev–Trinajstić information content (AvgIpc) is 2.94. The van der Waals surface area contributed by atoms with E-state index >= 15 is 0 Å². The largest absolute Gasteiger partial charge is 0.337 e. The highest BCUT2D eigenvalue weighted by Gasteiger charge is 2.25. The van der Waals surface area contributed by atoms with Crippen LogP contribution in [-0.2, 0) is 6.42 Å². The molecule has 1 saturated heterocycles. The van der Waals surface area contributed by atoms with E-state index in [0.717, 1.165) is 61.2 Å². The van der Waals surface area contributed by atoms with E-state index in [2.05, 4.69) is 26.8 Å². The van der Waals surface area contributed by atoms with Gasteiger partial charge in [0.2, 0.25) is 0 Å². The van der Waals surface area contributed by atoms with E-state index in [1.54, 1.807) is 0 Å². The zero-order valence-corrected chi connectivity index (χ0v) is 18.4. The quantitative estimate of drug-likeness (QED) is 0.710. The first-order valence-corrected chi connectivity index (χ1v) is 11.7. The Morgan fingerprint density at radius 3 is 2.48 bits per heavy atom. The van der Waals surface area contributed by atoms with Crippen LogP contribution < -0.4 is 0 Å². The van der Waals surface area contributed by atoms with Gasteiger partial charge in [-0.1, -0.05) is 52.9 Å². The minimum atomic E-state index is 0.0644. The number of carbonyl (C=O) groups is 1. The van der Waals surface area contributed by atoms with E-state index in [4.69, 9.17) is 10.1 Å². The van der Waals surface area contributed by atoms with Gasteiger partial charge in [0, 0.05) is 30.5 Å². The van der Waals surface area contributed by atoms with Gasteiger partial charge in [-0.05, 0) is 49.5 Å². The summed E-state index contributed by atoms with van der Waals surface area (Å²) in [6, 6.07) is 4.14. The molecule has 158 valence electrons. The minimum absolute atomic E-state index is 0.0644. The number of amides is 1. The lowest BCUT2D eigenvalue weighted by Gasteiger charge is -2.28. The van der Waals surface area contributed by atoms with Crippen molar-refractivity contribution in [2.45, 2.75) is 84.5 Å². The zero-order valence-electron chi connectivity index (χ0n) is 18.4. The molecule has 0 aromatic carbocycles. The predicted octanol–water partition coefficient (Wildman–Crippen LogP) is 5.24. The van der Waals surface area contributed by atoms with Gasteiger partial charge in [0.15, 0.2) is 11.3 Å². The molecule has 1 saturated carbocycles. The number of carbonyl (C=O) groups excluding carboxylic acids is 1. The van der Waals surface area contributed by atoms with Crippen LogP contribution in [0.5, 0.6) is 0 Å². The summed E-state index contributed by atoms with van der Waals surface area (Å²) in [6.45, 7) is 8.48. The minimum Gasteiger partial charge on any atom is -0.337 e. The third kappa shape index (κ3) is 4.49. The lowest BCUT2D eigenvalue weighted by Crippen LogP contribution is -2.32. The lowest BCUT2D eigenvalue weighted by molar-refractivity contribution is 0.0755. The van der Waals surface area contributed by atoms with Gasteiger partial charge in [-0.25, -0.2) is 9.50 Å². The first-order valence-electron chi connectivity index (χ1n) is 11.7. The molecule has 2 unspecified atom stereocenters. The number of hydrogen-bond donors (Lipinski definition) is 0. The molecule has 3 heterocycles. The summed E-state index contributed by atoms with van der Waals surface area (Å²) in [5.41, 5.74) is 3.69. The number of rotatable bonds is 4. The molecule has 1 aliphatic heterocycles. The fourth-order valence-corrected chi connectivity index (χ4v) is 5.07. The monoisotopic (exact) mass is 396 g/mol. The van der Waals surface area contributed by atoms with Crippen LogP contribution in [0.3, 0.4) is 0 Å². The van der Waals surface area contributed by atoms with Crippen molar-refractivity contribution >= 4 is 11.6 Å². The smallest absolute Gasteiger partial charge is 0.274 e. The second-order valence-electron chi connectivity index (χ2n) is 9.56. The molecule has 2 aliphatic rings. The molecule has 4 rings (SSSR count). The van der Waals surface area contributed by atoms with Crippen LogP contribution in [0.25, 0.3) is 5.65 Å². The number of aromatic nitrogens is 3. The van der Waals surface area contributed by atoms with Gasteiger partial charge >= 0.3 is 0 Å². The van der Waals surface area contributed by atoms with Crippen molar-refractivity contribution in [3.05, 3.63) is 29.2 Å². The van der Waals surface area contributed by atoms with Crippen molar-refractivity contribution in [2.24, 2.45) is 11.8 Å². The Morgan fingerprint density at radius 1 is 1.07 bits per heavy atom. The number of nitrogens with zero attached hydrogens (tertiary/aromatic N) is 4. The second-order valence-corrected chi connectivity index (χ2v) is 9.56. The first-order chi connectivity index (χ1) is 14.0. The maximum absolute atomic E-state index is 13.1. The van der Waals surface area contributed by atoms with Crippen molar-refractivity contribution < 1.29 is 4.79 Å². The summed E-state index contributed by atoms with van der Waals surface area (Å²) in [5.74, 6) is 1.90. The third-order valence-corrected chi connectivity index (χ3v) is 6.97. The van der Waals surface area contributed by atoms with Crippen LogP contribution in [0.2, 0.25) is 0 Å². The van der Waals surface area contributed by atoms with E-state index in [1.165, 1.54) is 38.5 Å². The van der Waals surface area contributed by atoms with Gasteiger partial charge < -0.3 is 4.90 Å². The standard InChI is InChI=1S/C24H36N4O/c1-17(2)22-15-20(14-19-11-7-6-10-18(19)3)25-23-16-21(26-28(22)23)24(29)27-12-8-4-5-9-13-27/h15-19H,4-14H2,1-3H3. The Hall–Kier alpha value is -1.91. The van der Waals surface area contributed by atoms with Crippen LogP contribution >= 0.6 is 0 Å². The van der Waals surface area contributed by atoms with Gasteiger partial charge in [0.25, 0.3) is 5.91 Å². The van der Waals surface area contributed by atoms with Crippen LogP contribution in [0, 0.1) is 11.8 Å². The maximum atomic E-state index is 13.1. The number of fused-ring (bicyclic) bond motifs is 1. The summed E-state index contributed by atoms with van der Waals surface area (Å²) < 4.78 is 1.91. The SMILES string of the molecule is CC(C)c1cc(CC2CCCCC2C)nc2cc(C(=O)N3CCCCCC3)nn12. The highest BCUT2D eigenvalue weighted by atomic mass is 16.2. The molecule has 0 radical (unpaired) electrons. The molecular formula is C24H36N4O. The van der Waals surface area contributed by atoms with Gasteiger partial charge in [-0.2, -0.15) is 5.10 Å². The van der Waals surface area contributed by atoms with Crippen molar-refractivity contribution in [2.75, 3.05) is 13.1 Å². The maximum Gasteiger partial charge on any atom is 0.274 e. The summed E-state index contributed by atoms with van der Waals surface area (Å²) in [4.78, 5) is 20.0. The number of hydrogen-bond acceptors (Lipinski definition) is 3. The molecule has 5 nitrogen and oxygen atoms in total. The van der Waals surface area contributed by atoms with Crippen molar-refractivity contribution in [3.63, 3.8) is 0 Å². The van der Waals surface area contributed by atoms with E-state index in [0.29, 0.717) is 11.6 Å². The molecule has 29 heavy (non-hydrogen) atoms. The molecule has 2 fully saturated rings. The summed E-state index contributed by atoms with van der Waals surface area (Å²) >= 11 is 0. The summed E-state index contributed by atoms with van der Waals surface area (Å²) in [5, 5.41) is 4.71. The average molecular weight is 397 g/mol. The van der Waals surface area contributed by atoms with Crippen LogP contribution in [-0.4, -0.2) is 38.5 Å². The Balaban J connectivity index is 1.63. The fraction of sp³-hybridized carbons (Fsp3) is 0.708. The Kier molecular flexibility index (Phi) is 6.21. The zero-order chi connectivity index (χ0) is 20.4. The van der Waals surface area contributed by atoms with E-state index < -0.39 is 0 Å². The van der Waals surface area contributed by atoms with Gasteiger partial charge in [-0.15, -0.1) is 0 Å². The predicted molar refractivity (Wildman–Crippen MR) is 116 cm³/mol. The normalized spacial score (nSPS) is 23.5. The van der Waals surface area contributed by atoms with E-state index in [-0.39, 0.29) is 5.91 Å². The molecule has 2 atom stereocenters. The molecule has 5 heteroatoms. The third-order valence-electron chi connectivity index (χ3n) is 6.97. The summed E-state index contributed by atoms with van der Waals surface area (Å²) in [7, 11) is 0. The highest BCUT2D eigenvalue weighted by molar-refractivity contribution is 5.93. The van der Waals surface area contributed by atoms with Crippen LogP contribution in [0.15, 0.2) is 12.1 Å². The van der Waals surface area contributed by atoms with Crippen LogP contribution in [0.4, 0.5) is 0 Å². The van der Waals surface area contributed by atoms with Gasteiger partial charge in [-0.3, -0.25) is 4.79 Å². The van der Waals surface area contributed by atoms with E-state index in [9.17, 15) is 4.79 Å². The Bertz CT molecular complexity index is 848. The Labute approximate surface area is 174 Å². The molecule has 0 bridgehead atoms. The first kappa shape index (κ1) is 20.4. The lowest BCUT2D eigenvalue weighted by atomic mass is 9.78. The van der Waals surface area contributed by atoms with Crippen molar-refractivity contribution in [1.29, 1.82) is 0 Å². The molecule has 0 N–H and O–H groups in total. The number of likely N-dealkylation sites (tertiary alicyclic amines) is 1. The molecule has 2 aromatic heterocycles. The molecule has 0 spiro atoms. The van der Waals surface area contributed by atoms with Crippen LogP contribution in [0.1, 0.15) is 99.9 Å². The fourth-order valence-electron chi connectivity index (χ4n) is 5.07. The van der Waals surface area contributed by atoms with Crippen molar-refractivity contribution in [3.8, 4) is 0 Å². The van der Waals surface area contributed by atoms with Crippen molar-refractivity contribution in [1.82, 2.24) is 19.5 Å². The second kappa shape index (κ2) is 8.85. The highest BCUT2D eigenvalue weighted by Crippen LogP contribution is 2.32. The van der Waals surface area contributed by atoms with Gasteiger partial charge in [0.1, 0.15) is 0 Å². The molecule has 2 aromatic rings. The molecule has 1 aliphatic carbocycles. The summed E-state index contributed by atoms with van der Waals surface area (Å²) in [6.07, 6.45) is 11.0. The molecular weight excluding hydrogens is 360 g/mol.